The molecule has 0 bridgehead atoms. The monoisotopic (exact) mass is 275 g/mol. The minimum absolute atomic E-state index is 0.193. The van der Waals surface area contributed by atoms with Gasteiger partial charge in [0.25, 0.3) is 0 Å². The molecule has 4 nitrogen and oxygen atoms in total. The largest absolute Gasteiger partial charge is 0.505 e. The summed E-state index contributed by atoms with van der Waals surface area (Å²) >= 11 is 0. The zero-order valence-corrected chi connectivity index (χ0v) is 13.8. The highest BCUT2D eigenvalue weighted by molar-refractivity contribution is 6.62. The molecule has 0 spiro atoms. The molecule has 108 valence electrons. The van der Waals surface area contributed by atoms with E-state index in [0.717, 1.165) is 12.1 Å². The van der Waals surface area contributed by atoms with Gasteiger partial charge in [-0.3, -0.25) is 4.99 Å². The highest BCUT2D eigenvalue weighted by Crippen LogP contribution is 2.26. The van der Waals surface area contributed by atoms with Gasteiger partial charge in [0, 0.05) is 37.6 Å². The Hall–Kier alpha value is -0.233. The molecule has 1 unspecified atom stereocenters. The number of hydrogen-bond donors (Lipinski definition) is 0. The normalized spacial score (nSPS) is 14.9. The van der Waals surface area contributed by atoms with Crippen molar-refractivity contribution in [3.05, 3.63) is 0 Å². The van der Waals surface area contributed by atoms with E-state index in [1.807, 2.05) is 20.8 Å². The minimum atomic E-state index is -2.59. The van der Waals surface area contributed by atoms with Crippen LogP contribution < -0.4 is 0 Å². The molecule has 0 radical (unpaired) electrons. The summed E-state index contributed by atoms with van der Waals surface area (Å²) in [5.74, 6) is 0. The summed E-state index contributed by atoms with van der Waals surface area (Å²) in [6.07, 6.45) is 0.985. The molecular formula is C13H29NO3Si. The summed E-state index contributed by atoms with van der Waals surface area (Å²) in [5.41, 5.74) is 1.35. The van der Waals surface area contributed by atoms with Crippen LogP contribution >= 0.6 is 0 Å². The van der Waals surface area contributed by atoms with Crippen molar-refractivity contribution in [2.24, 2.45) is 4.99 Å². The van der Waals surface area contributed by atoms with E-state index in [-0.39, 0.29) is 5.54 Å². The number of rotatable bonds is 10. The average molecular weight is 275 g/mol. The van der Waals surface area contributed by atoms with Crippen LogP contribution in [0.1, 0.15) is 48.0 Å². The fourth-order valence-corrected chi connectivity index (χ4v) is 4.30. The Morgan fingerprint density at radius 2 is 1.44 bits per heavy atom. The third kappa shape index (κ3) is 5.61. The Labute approximate surface area is 113 Å². The second-order valence-electron chi connectivity index (χ2n) is 4.23. The fraction of sp³-hybridized carbons (Fsp3) is 0.923. The molecule has 1 atom stereocenters. The van der Waals surface area contributed by atoms with Crippen LogP contribution in [0.5, 0.6) is 0 Å². The Morgan fingerprint density at radius 3 is 1.78 bits per heavy atom. The number of hydrogen-bond acceptors (Lipinski definition) is 4. The van der Waals surface area contributed by atoms with E-state index in [4.69, 9.17) is 13.3 Å². The first-order valence-corrected chi connectivity index (χ1v) is 8.78. The van der Waals surface area contributed by atoms with Crippen LogP contribution in [0.25, 0.3) is 0 Å². The second kappa shape index (κ2) is 9.66. The quantitative estimate of drug-likeness (QED) is 0.454. The van der Waals surface area contributed by atoms with Crippen molar-refractivity contribution < 1.29 is 13.3 Å². The maximum atomic E-state index is 5.86. The predicted molar refractivity (Wildman–Crippen MR) is 78.3 cm³/mol. The Kier molecular flexibility index (Phi) is 9.54. The van der Waals surface area contributed by atoms with Crippen LogP contribution in [0, 0.1) is 0 Å². The van der Waals surface area contributed by atoms with E-state index in [1.165, 1.54) is 0 Å². The van der Waals surface area contributed by atoms with Crippen molar-refractivity contribution in [2.45, 2.75) is 53.5 Å². The third-order valence-electron chi connectivity index (χ3n) is 2.79. The van der Waals surface area contributed by atoms with Gasteiger partial charge < -0.3 is 13.3 Å². The van der Waals surface area contributed by atoms with Gasteiger partial charge in [-0.2, -0.15) is 0 Å². The molecular weight excluding hydrogens is 246 g/mol. The van der Waals surface area contributed by atoms with Crippen molar-refractivity contribution >= 4 is 14.5 Å². The molecule has 0 rings (SSSR count). The van der Waals surface area contributed by atoms with Gasteiger partial charge in [0.1, 0.15) is 0 Å². The van der Waals surface area contributed by atoms with Gasteiger partial charge in [0.05, 0.1) is 0 Å². The summed E-state index contributed by atoms with van der Waals surface area (Å²) in [6, 6.07) is 0. The van der Waals surface area contributed by atoms with E-state index in [2.05, 4.69) is 25.8 Å². The van der Waals surface area contributed by atoms with E-state index in [0.29, 0.717) is 26.4 Å². The molecule has 0 aromatic rings. The maximum absolute atomic E-state index is 5.86. The molecule has 0 aliphatic heterocycles. The van der Waals surface area contributed by atoms with Gasteiger partial charge in [0.2, 0.25) is 0 Å². The first-order valence-electron chi connectivity index (χ1n) is 6.97. The molecule has 18 heavy (non-hydrogen) atoms. The highest BCUT2D eigenvalue weighted by atomic mass is 28.4. The summed E-state index contributed by atoms with van der Waals surface area (Å²) in [4.78, 5) is 4.57. The smallest absolute Gasteiger partial charge is 0.374 e. The molecule has 0 amide bonds. The van der Waals surface area contributed by atoms with Crippen LogP contribution in [0.2, 0.25) is 5.54 Å². The lowest BCUT2D eigenvalue weighted by Gasteiger charge is -2.32. The molecule has 0 aliphatic carbocycles. The standard InChI is InChI=1S/C13H29NO3Si/c1-7-12(5)14-11-13(6)18(15-8-2,16-9-3)17-10-4/h13H,7-11H2,1-6H3. The second-order valence-corrected chi connectivity index (χ2v) is 7.29. The lowest BCUT2D eigenvalue weighted by molar-refractivity contribution is 0.0633. The molecule has 0 saturated carbocycles. The van der Waals surface area contributed by atoms with Crippen LogP contribution in [0.15, 0.2) is 4.99 Å². The van der Waals surface area contributed by atoms with Crippen molar-refractivity contribution in [2.75, 3.05) is 26.4 Å². The number of nitrogens with zero attached hydrogens (tertiary/aromatic N) is 1. The van der Waals surface area contributed by atoms with Crippen LogP contribution in [-0.4, -0.2) is 40.9 Å². The zero-order valence-electron chi connectivity index (χ0n) is 12.8. The Morgan fingerprint density at radius 1 is 1.00 bits per heavy atom. The summed E-state index contributed by atoms with van der Waals surface area (Å²) in [7, 11) is -2.59. The summed E-state index contributed by atoms with van der Waals surface area (Å²) < 4.78 is 17.6. The SMILES string of the molecule is CCO[Si](OCC)(OCC)C(C)CN=C(C)CC. The molecule has 0 aromatic heterocycles. The maximum Gasteiger partial charge on any atom is 0.505 e. The van der Waals surface area contributed by atoms with Gasteiger partial charge in [0.15, 0.2) is 0 Å². The van der Waals surface area contributed by atoms with E-state index >= 15 is 0 Å². The molecule has 0 aromatic carbocycles. The average Bonchev–Trinajstić information content (AvgIpc) is 2.36. The van der Waals surface area contributed by atoms with Gasteiger partial charge in [-0.15, -0.1) is 0 Å². The Balaban J connectivity index is 4.79. The van der Waals surface area contributed by atoms with E-state index in [9.17, 15) is 0 Å². The topological polar surface area (TPSA) is 40.0 Å². The van der Waals surface area contributed by atoms with Crippen LogP contribution in [0.4, 0.5) is 0 Å². The molecule has 0 saturated heterocycles. The minimum Gasteiger partial charge on any atom is -0.374 e. The van der Waals surface area contributed by atoms with Gasteiger partial charge in [-0.1, -0.05) is 13.8 Å². The first kappa shape index (κ1) is 17.8. The highest BCUT2D eigenvalue weighted by Gasteiger charge is 2.46. The summed E-state index contributed by atoms with van der Waals surface area (Å²) in [6.45, 7) is 14.8. The Bertz CT molecular complexity index is 229. The van der Waals surface area contributed by atoms with Crippen molar-refractivity contribution in [3.63, 3.8) is 0 Å². The van der Waals surface area contributed by atoms with E-state index < -0.39 is 8.80 Å². The summed E-state index contributed by atoms with van der Waals surface area (Å²) in [5, 5.41) is 0. The third-order valence-corrected chi connectivity index (χ3v) is 6.25. The van der Waals surface area contributed by atoms with Crippen molar-refractivity contribution in [1.82, 2.24) is 0 Å². The fourth-order valence-electron chi connectivity index (χ4n) is 1.67. The lowest BCUT2D eigenvalue weighted by atomic mass is 10.3. The van der Waals surface area contributed by atoms with Crippen molar-refractivity contribution in [1.29, 1.82) is 0 Å². The van der Waals surface area contributed by atoms with Crippen molar-refractivity contribution in [3.8, 4) is 0 Å². The molecule has 0 aliphatic rings. The predicted octanol–water partition coefficient (Wildman–Crippen LogP) is 3.30. The van der Waals surface area contributed by atoms with Gasteiger partial charge in [-0.05, 0) is 34.1 Å². The molecule has 0 N–H and O–H groups in total. The molecule has 0 fully saturated rings. The lowest BCUT2D eigenvalue weighted by Crippen LogP contribution is -2.50. The van der Waals surface area contributed by atoms with Gasteiger partial charge in [-0.25, -0.2) is 0 Å². The first-order chi connectivity index (χ1) is 8.56. The van der Waals surface area contributed by atoms with Gasteiger partial charge >= 0.3 is 8.80 Å². The molecule has 5 heteroatoms. The van der Waals surface area contributed by atoms with E-state index in [1.54, 1.807) is 0 Å². The zero-order chi connectivity index (χ0) is 14.0. The van der Waals surface area contributed by atoms with Crippen LogP contribution in [0.3, 0.4) is 0 Å². The molecule has 0 heterocycles. The van der Waals surface area contributed by atoms with Crippen LogP contribution in [-0.2, 0) is 13.3 Å². The number of aliphatic imine (C=N–C) groups is 1.